The number of hydrogen-bond donors (Lipinski definition) is 0. The van der Waals surface area contributed by atoms with E-state index in [9.17, 15) is 8.42 Å². The van der Waals surface area contributed by atoms with Crippen molar-refractivity contribution in [3.05, 3.63) is 47.3 Å². The van der Waals surface area contributed by atoms with E-state index in [2.05, 4.69) is 9.97 Å². The molecule has 23 heavy (non-hydrogen) atoms. The fraction of sp³-hybridized carbons (Fsp3) is 0.333. The van der Waals surface area contributed by atoms with Crippen molar-refractivity contribution in [3.8, 4) is 11.8 Å². The Kier molecular flexibility index (Phi) is 5.51. The van der Waals surface area contributed by atoms with E-state index in [1.165, 1.54) is 20.3 Å². The summed E-state index contributed by atoms with van der Waals surface area (Å²) in [6.07, 6.45) is 0. The number of nitrogens with zero attached hydrogens (tertiary/aromatic N) is 2. The monoisotopic (exact) mass is 338 g/mol. The van der Waals surface area contributed by atoms with Crippen molar-refractivity contribution in [1.29, 1.82) is 0 Å². The van der Waals surface area contributed by atoms with Crippen molar-refractivity contribution in [2.75, 3.05) is 14.2 Å². The third kappa shape index (κ3) is 4.90. The molecule has 2 rings (SSSR count). The fourth-order valence-electron chi connectivity index (χ4n) is 1.87. The van der Waals surface area contributed by atoms with Gasteiger partial charge in [0.15, 0.2) is 5.82 Å². The first-order valence-electron chi connectivity index (χ1n) is 6.81. The molecule has 0 unspecified atom stereocenters. The summed E-state index contributed by atoms with van der Waals surface area (Å²) in [5.74, 6) is 0.494. The number of benzene rings is 1. The number of aromatic nitrogens is 2. The minimum Gasteiger partial charge on any atom is -0.481 e. The maximum absolute atomic E-state index is 12.1. The van der Waals surface area contributed by atoms with E-state index < -0.39 is 10.1 Å². The predicted octanol–water partition coefficient (Wildman–Crippen LogP) is 1.85. The molecule has 0 saturated carbocycles. The SMILES string of the molecule is COc1cc(OC)nc(COS(=O)(=O)Cc2ccccc2C)n1. The Morgan fingerprint density at radius 3 is 2.22 bits per heavy atom. The minimum absolute atomic E-state index is 0.162. The van der Waals surface area contributed by atoms with E-state index in [4.69, 9.17) is 13.7 Å². The summed E-state index contributed by atoms with van der Waals surface area (Å²) in [4.78, 5) is 8.05. The zero-order valence-corrected chi connectivity index (χ0v) is 14.0. The number of methoxy groups -OCH3 is 2. The molecule has 0 bridgehead atoms. The highest BCUT2D eigenvalue weighted by atomic mass is 32.2. The van der Waals surface area contributed by atoms with E-state index in [-0.39, 0.29) is 29.9 Å². The maximum atomic E-state index is 12.1. The van der Waals surface area contributed by atoms with Crippen molar-refractivity contribution in [3.63, 3.8) is 0 Å². The molecule has 0 aliphatic carbocycles. The molecule has 0 fully saturated rings. The molecule has 8 heteroatoms. The van der Waals surface area contributed by atoms with E-state index in [1.54, 1.807) is 12.1 Å². The fourth-order valence-corrected chi connectivity index (χ4v) is 2.94. The van der Waals surface area contributed by atoms with Crippen LogP contribution in [0.15, 0.2) is 30.3 Å². The predicted molar refractivity (Wildman–Crippen MR) is 83.7 cm³/mol. The van der Waals surface area contributed by atoms with Gasteiger partial charge < -0.3 is 9.47 Å². The Labute approximate surface area is 135 Å². The highest BCUT2D eigenvalue weighted by Crippen LogP contribution is 2.17. The average Bonchev–Trinajstić information content (AvgIpc) is 2.54. The first kappa shape index (κ1) is 17.2. The van der Waals surface area contributed by atoms with Crippen LogP contribution in [0.1, 0.15) is 17.0 Å². The van der Waals surface area contributed by atoms with Crippen molar-refractivity contribution in [1.82, 2.24) is 9.97 Å². The molecule has 0 radical (unpaired) electrons. The highest BCUT2D eigenvalue weighted by molar-refractivity contribution is 7.85. The van der Waals surface area contributed by atoms with Crippen LogP contribution in [0.3, 0.4) is 0 Å². The molecule has 1 aromatic heterocycles. The van der Waals surface area contributed by atoms with Gasteiger partial charge in [0.25, 0.3) is 10.1 Å². The quantitative estimate of drug-likeness (QED) is 0.712. The van der Waals surface area contributed by atoms with Crippen LogP contribution in [-0.2, 0) is 26.7 Å². The Morgan fingerprint density at radius 2 is 1.65 bits per heavy atom. The first-order chi connectivity index (χ1) is 10.9. The molecule has 0 aliphatic rings. The standard InChI is InChI=1S/C15H18N2O5S/c1-11-6-4-5-7-12(11)10-23(18,19)22-9-13-16-14(20-2)8-15(17-13)21-3/h4-8H,9-10H2,1-3H3. The summed E-state index contributed by atoms with van der Waals surface area (Å²) >= 11 is 0. The molecular weight excluding hydrogens is 320 g/mol. The molecular formula is C15H18N2O5S. The summed E-state index contributed by atoms with van der Waals surface area (Å²) in [7, 11) is -0.865. The third-order valence-corrected chi connectivity index (χ3v) is 4.25. The minimum atomic E-state index is -3.76. The van der Waals surface area contributed by atoms with Gasteiger partial charge in [0.05, 0.1) is 20.3 Å². The number of rotatable bonds is 7. The summed E-state index contributed by atoms with van der Waals surface area (Å²) in [5, 5.41) is 0. The lowest BCUT2D eigenvalue weighted by atomic mass is 10.1. The van der Waals surface area contributed by atoms with Crippen LogP contribution in [0.4, 0.5) is 0 Å². The average molecular weight is 338 g/mol. The normalized spacial score (nSPS) is 11.3. The zero-order valence-electron chi connectivity index (χ0n) is 13.1. The summed E-state index contributed by atoms with van der Waals surface area (Å²) < 4.78 is 39.2. The van der Waals surface area contributed by atoms with E-state index in [0.717, 1.165) is 5.56 Å². The van der Waals surface area contributed by atoms with Gasteiger partial charge in [-0.25, -0.2) is 0 Å². The van der Waals surface area contributed by atoms with Crippen LogP contribution in [0.2, 0.25) is 0 Å². The van der Waals surface area contributed by atoms with E-state index >= 15 is 0 Å². The lowest BCUT2D eigenvalue weighted by Crippen LogP contribution is -2.11. The topological polar surface area (TPSA) is 87.6 Å². The zero-order chi connectivity index (χ0) is 16.9. The van der Waals surface area contributed by atoms with Gasteiger partial charge in [-0.15, -0.1) is 0 Å². The molecule has 1 heterocycles. The van der Waals surface area contributed by atoms with Gasteiger partial charge in [-0.1, -0.05) is 24.3 Å². The van der Waals surface area contributed by atoms with Crippen LogP contribution in [0.25, 0.3) is 0 Å². The first-order valence-corrected chi connectivity index (χ1v) is 8.39. The Hall–Kier alpha value is -2.19. The van der Waals surface area contributed by atoms with Crippen molar-refractivity contribution < 1.29 is 22.1 Å². The second-order valence-electron chi connectivity index (χ2n) is 4.76. The van der Waals surface area contributed by atoms with Gasteiger partial charge in [-0.2, -0.15) is 18.4 Å². The largest absolute Gasteiger partial charge is 0.481 e. The summed E-state index contributed by atoms with van der Waals surface area (Å²) in [6.45, 7) is 1.56. The summed E-state index contributed by atoms with van der Waals surface area (Å²) in [6, 6.07) is 8.73. The number of hydrogen-bond acceptors (Lipinski definition) is 7. The maximum Gasteiger partial charge on any atom is 0.271 e. The molecule has 0 saturated heterocycles. The van der Waals surface area contributed by atoms with Crippen LogP contribution < -0.4 is 9.47 Å². The highest BCUT2D eigenvalue weighted by Gasteiger charge is 2.16. The third-order valence-electron chi connectivity index (χ3n) is 3.10. The molecule has 1 aromatic carbocycles. The van der Waals surface area contributed by atoms with Crippen molar-refractivity contribution >= 4 is 10.1 Å². The van der Waals surface area contributed by atoms with Gasteiger partial charge >= 0.3 is 0 Å². The van der Waals surface area contributed by atoms with E-state index in [1.807, 2.05) is 19.1 Å². The van der Waals surface area contributed by atoms with Crippen molar-refractivity contribution in [2.45, 2.75) is 19.3 Å². The number of ether oxygens (including phenoxy) is 2. The Bertz CT molecular complexity index is 755. The van der Waals surface area contributed by atoms with Crippen LogP contribution in [0.5, 0.6) is 11.8 Å². The molecule has 0 N–H and O–H groups in total. The molecule has 0 aliphatic heterocycles. The van der Waals surface area contributed by atoms with Gasteiger partial charge in [0, 0.05) is 0 Å². The lowest BCUT2D eigenvalue weighted by Gasteiger charge is -2.09. The van der Waals surface area contributed by atoms with Crippen LogP contribution >= 0.6 is 0 Å². The second kappa shape index (κ2) is 7.38. The van der Waals surface area contributed by atoms with Crippen LogP contribution in [0, 0.1) is 6.92 Å². The number of aryl methyl sites for hydroxylation is 1. The Morgan fingerprint density at radius 1 is 1.04 bits per heavy atom. The molecule has 0 amide bonds. The van der Waals surface area contributed by atoms with Gasteiger partial charge in [-0.05, 0) is 18.1 Å². The lowest BCUT2D eigenvalue weighted by molar-refractivity contribution is 0.289. The summed E-state index contributed by atoms with van der Waals surface area (Å²) in [5.41, 5.74) is 1.58. The van der Waals surface area contributed by atoms with Gasteiger partial charge in [0.2, 0.25) is 11.8 Å². The molecule has 124 valence electrons. The smallest absolute Gasteiger partial charge is 0.271 e. The molecule has 0 atom stereocenters. The molecule has 0 spiro atoms. The van der Waals surface area contributed by atoms with Gasteiger partial charge in [-0.3, -0.25) is 4.18 Å². The molecule has 7 nitrogen and oxygen atoms in total. The van der Waals surface area contributed by atoms with Crippen molar-refractivity contribution in [2.24, 2.45) is 0 Å². The second-order valence-corrected chi connectivity index (χ2v) is 6.40. The molecule has 2 aromatic rings. The Balaban J connectivity index is 2.09. The van der Waals surface area contributed by atoms with E-state index in [0.29, 0.717) is 5.56 Å². The van der Waals surface area contributed by atoms with Gasteiger partial charge in [0.1, 0.15) is 12.4 Å². The van der Waals surface area contributed by atoms with Crippen LogP contribution in [-0.4, -0.2) is 32.6 Å².